The van der Waals surface area contributed by atoms with Crippen molar-refractivity contribution in [3.8, 4) is 45.5 Å². The summed E-state index contributed by atoms with van der Waals surface area (Å²) in [6.45, 7) is 0. The number of hydrogen-bond acceptors (Lipinski definition) is 3. The Balaban J connectivity index is 1.05. The van der Waals surface area contributed by atoms with E-state index in [1.54, 1.807) is 0 Å². The van der Waals surface area contributed by atoms with Crippen molar-refractivity contribution in [2.75, 3.05) is 0 Å². The molecule has 3 heterocycles. The number of fused-ring (bicyclic) bond motifs is 10. The van der Waals surface area contributed by atoms with Crippen LogP contribution in [0.3, 0.4) is 0 Å². The molecule has 0 saturated carbocycles. The van der Waals surface area contributed by atoms with E-state index < -0.39 is 0 Å². The Bertz CT molecular complexity index is 3880. The van der Waals surface area contributed by atoms with Gasteiger partial charge in [-0.3, -0.25) is 0 Å². The monoisotopic (exact) mass is 789 g/mol. The van der Waals surface area contributed by atoms with Crippen LogP contribution in [0.15, 0.2) is 212 Å². The van der Waals surface area contributed by atoms with Crippen molar-refractivity contribution in [1.82, 2.24) is 24.1 Å². The van der Waals surface area contributed by atoms with Crippen LogP contribution in [0.4, 0.5) is 0 Å². The highest BCUT2D eigenvalue weighted by molar-refractivity contribution is 6.15. The van der Waals surface area contributed by atoms with Crippen molar-refractivity contribution in [2.45, 2.75) is 0 Å². The molecule has 0 aliphatic rings. The predicted octanol–water partition coefficient (Wildman–Crippen LogP) is 14.5. The van der Waals surface area contributed by atoms with Crippen LogP contribution in [0.5, 0.6) is 0 Å². The lowest BCUT2D eigenvalue weighted by Gasteiger charge is -2.15. The Kier molecular flexibility index (Phi) is 7.54. The first kappa shape index (κ1) is 34.5. The number of benzene rings is 10. The Hall–Kier alpha value is -8.41. The minimum Gasteiger partial charge on any atom is -0.309 e. The van der Waals surface area contributed by atoms with E-state index in [2.05, 4.69) is 203 Å². The number of aromatic nitrogens is 5. The smallest absolute Gasteiger partial charge is 0.166 e. The number of nitrogens with zero attached hydrogens (tertiary/aromatic N) is 5. The molecule has 288 valence electrons. The van der Waals surface area contributed by atoms with Gasteiger partial charge in [0.2, 0.25) is 0 Å². The maximum Gasteiger partial charge on any atom is 0.166 e. The minimum absolute atomic E-state index is 0.612. The summed E-state index contributed by atoms with van der Waals surface area (Å²) >= 11 is 0. The Labute approximate surface area is 356 Å². The lowest BCUT2D eigenvalue weighted by Crippen LogP contribution is -2.03. The lowest BCUT2D eigenvalue weighted by molar-refractivity contribution is 1.06. The molecule has 0 saturated heterocycles. The molecule has 5 heteroatoms. The maximum atomic E-state index is 5.32. The fraction of sp³-hybridized carbons (Fsp3) is 0. The summed E-state index contributed by atoms with van der Waals surface area (Å²) in [5, 5.41) is 12.0. The normalized spacial score (nSPS) is 11.9. The van der Waals surface area contributed by atoms with Gasteiger partial charge in [0, 0.05) is 43.9 Å². The minimum atomic E-state index is 0.612. The van der Waals surface area contributed by atoms with Crippen LogP contribution in [0.2, 0.25) is 0 Å². The molecule has 0 aliphatic carbocycles. The van der Waals surface area contributed by atoms with Crippen molar-refractivity contribution in [3.63, 3.8) is 0 Å². The molecular weight excluding hydrogens is 755 g/mol. The molecular formula is C57H35N5. The first-order chi connectivity index (χ1) is 30.7. The zero-order chi connectivity index (χ0) is 40.7. The van der Waals surface area contributed by atoms with Gasteiger partial charge in [0.1, 0.15) is 0 Å². The van der Waals surface area contributed by atoms with Gasteiger partial charge in [-0.2, -0.15) is 0 Å². The molecule has 3 aromatic heterocycles. The van der Waals surface area contributed by atoms with Crippen LogP contribution in [0.25, 0.3) is 121 Å². The molecule has 62 heavy (non-hydrogen) atoms. The Morgan fingerprint density at radius 3 is 1.63 bits per heavy atom. The SMILES string of the molecule is c1ccc(-c2nc(-c3ccc4c(ccc5ccccc54)c3)nc(-c3ccccc3-n3c4ccc(-n5c6ccccc6c6ccccc65)cc4c4cc5ccccc5cc43)n2)cc1. The van der Waals surface area contributed by atoms with Gasteiger partial charge in [0.25, 0.3) is 0 Å². The summed E-state index contributed by atoms with van der Waals surface area (Å²) in [6.07, 6.45) is 0. The van der Waals surface area contributed by atoms with Gasteiger partial charge < -0.3 is 9.13 Å². The topological polar surface area (TPSA) is 48.5 Å². The summed E-state index contributed by atoms with van der Waals surface area (Å²) in [5.41, 5.74) is 9.49. The van der Waals surface area contributed by atoms with Gasteiger partial charge in [-0.25, -0.2) is 15.0 Å². The lowest BCUT2D eigenvalue weighted by atomic mass is 10.00. The van der Waals surface area contributed by atoms with E-state index in [1.165, 1.54) is 59.5 Å². The highest BCUT2D eigenvalue weighted by Crippen LogP contribution is 2.41. The van der Waals surface area contributed by atoms with Crippen molar-refractivity contribution < 1.29 is 0 Å². The zero-order valence-corrected chi connectivity index (χ0v) is 33.4. The van der Waals surface area contributed by atoms with Crippen LogP contribution in [0, 0.1) is 0 Å². The third kappa shape index (κ3) is 5.32. The molecule has 13 aromatic rings. The Morgan fingerprint density at radius 1 is 0.274 bits per heavy atom. The fourth-order valence-corrected chi connectivity index (χ4v) is 9.64. The molecule has 0 N–H and O–H groups in total. The molecule has 0 atom stereocenters. The predicted molar refractivity (Wildman–Crippen MR) is 257 cm³/mol. The van der Waals surface area contributed by atoms with Crippen molar-refractivity contribution in [2.24, 2.45) is 0 Å². The second-order valence-corrected chi connectivity index (χ2v) is 16.0. The summed E-state index contributed by atoms with van der Waals surface area (Å²) in [5.74, 6) is 1.87. The van der Waals surface area contributed by atoms with Crippen LogP contribution in [-0.4, -0.2) is 24.1 Å². The third-order valence-corrected chi connectivity index (χ3v) is 12.5. The molecule has 5 nitrogen and oxygen atoms in total. The summed E-state index contributed by atoms with van der Waals surface area (Å²) in [4.78, 5) is 15.7. The summed E-state index contributed by atoms with van der Waals surface area (Å²) < 4.78 is 4.80. The highest BCUT2D eigenvalue weighted by Gasteiger charge is 2.21. The van der Waals surface area contributed by atoms with Crippen LogP contribution >= 0.6 is 0 Å². The maximum absolute atomic E-state index is 5.32. The van der Waals surface area contributed by atoms with Gasteiger partial charge >= 0.3 is 0 Å². The molecule has 13 rings (SSSR count). The second-order valence-electron chi connectivity index (χ2n) is 16.0. The third-order valence-electron chi connectivity index (χ3n) is 12.5. The quantitative estimate of drug-likeness (QED) is 0.163. The zero-order valence-electron chi connectivity index (χ0n) is 33.4. The average molecular weight is 790 g/mol. The van der Waals surface area contributed by atoms with Crippen LogP contribution in [0.1, 0.15) is 0 Å². The second kappa shape index (κ2) is 13.6. The van der Waals surface area contributed by atoms with Gasteiger partial charge in [0.05, 0.1) is 27.8 Å². The van der Waals surface area contributed by atoms with Crippen LogP contribution < -0.4 is 0 Å². The van der Waals surface area contributed by atoms with Gasteiger partial charge in [-0.05, 0) is 93.0 Å². The highest BCUT2D eigenvalue weighted by atomic mass is 15.1. The van der Waals surface area contributed by atoms with Crippen molar-refractivity contribution in [1.29, 1.82) is 0 Å². The van der Waals surface area contributed by atoms with Gasteiger partial charge in [-0.1, -0.05) is 152 Å². The van der Waals surface area contributed by atoms with E-state index in [4.69, 9.17) is 15.0 Å². The van der Waals surface area contributed by atoms with Crippen LogP contribution in [-0.2, 0) is 0 Å². The van der Waals surface area contributed by atoms with Gasteiger partial charge in [0.15, 0.2) is 17.5 Å². The molecule has 0 fully saturated rings. The fourth-order valence-electron chi connectivity index (χ4n) is 9.64. The summed E-state index contributed by atoms with van der Waals surface area (Å²) in [6, 6.07) is 75.8. The van der Waals surface area contributed by atoms with E-state index in [9.17, 15) is 0 Å². The van der Waals surface area contributed by atoms with Gasteiger partial charge in [-0.15, -0.1) is 0 Å². The number of hydrogen-bond donors (Lipinski definition) is 0. The molecule has 0 bridgehead atoms. The molecule has 0 spiro atoms. The van der Waals surface area contributed by atoms with E-state index >= 15 is 0 Å². The molecule has 0 unspecified atom stereocenters. The summed E-state index contributed by atoms with van der Waals surface area (Å²) in [7, 11) is 0. The van der Waals surface area contributed by atoms with E-state index in [1.807, 2.05) is 18.2 Å². The molecule has 0 radical (unpaired) electrons. The molecule has 10 aromatic carbocycles. The van der Waals surface area contributed by atoms with E-state index in [-0.39, 0.29) is 0 Å². The molecule has 0 amide bonds. The van der Waals surface area contributed by atoms with E-state index in [0.29, 0.717) is 17.5 Å². The molecule has 0 aliphatic heterocycles. The first-order valence-electron chi connectivity index (χ1n) is 21.0. The number of para-hydroxylation sites is 3. The van der Waals surface area contributed by atoms with Crippen molar-refractivity contribution >= 4 is 75.9 Å². The number of rotatable bonds is 5. The van der Waals surface area contributed by atoms with Crippen molar-refractivity contribution in [3.05, 3.63) is 212 Å². The Morgan fingerprint density at radius 2 is 0.839 bits per heavy atom. The van der Waals surface area contributed by atoms with E-state index in [0.717, 1.165) is 44.5 Å². The largest absolute Gasteiger partial charge is 0.309 e. The first-order valence-corrected chi connectivity index (χ1v) is 21.0. The average Bonchev–Trinajstić information content (AvgIpc) is 3.85. The standard InChI is InChI=1S/C57H35N5/c1-2-15-37(16-3-1)55-58-56(41-28-30-44-40(32-41)27-26-36-14-6-7-19-43(36)44)60-57(59-55)47-22-10-13-25-52(47)62-53-31-29-42(35-49(53)48-33-38-17-4-5-18-39(38)34-54(48)62)61-50-23-11-8-20-45(50)46-21-9-12-24-51(46)61/h1-35H.